The molecule has 0 spiro atoms. The number of benzene rings is 1. The van der Waals surface area contributed by atoms with Crippen molar-refractivity contribution in [3.05, 3.63) is 47.8 Å². The molecule has 2 atom stereocenters. The summed E-state index contributed by atoms with van der Waals surface area (Å²) in [5, 5.41) is 17.0. The van der Waals surface area contributed by atoms with Crippen molar-refractivity contribution in [1.29, 1.82) is 0 Å². The van der Waals surface area contributed by atoms with Crippen LogP contribution in [-0.2, 0) is 11.3 Å². The lowest BCUT2D eigenvalue weighted by Crippen LogP contribution is -2.56. The van der Waals surface area contributed by atoms with Gasteiger partial charge in [-0.05, 0) is 43.5 Å². The lowest BCUT2D eigenvalue weighted by Gasteiger charge is -2.36. The number of hydrogen-bond donors (Lipinski definition) is 2. The summed E-state index contributed by atoms with van der Waals surface area (Å²) >= 11 is 0. The maximum absolute atomic E-state index is 13.5. The van der Waals surface area contributed by atoms with Gasteiger partial charge in [0.15, 0.2) is 0 Å². The molecule has 2 heterocycles. The van der Waals surface area contributed by atoms with Crippen LogP contribution < -0.4 is 5.32 Å². The van der Waals surface area contributed by atoms with Gasteiger partial charge in [0, 0.05) is 31.6 Å². The third kappa shape index (κ3) is 5.13. The first kappa shape index (κ1) is 19.9. The predicted octanol–water partition coefficient (Wildman–Crippen LogP) is 0.898. The number of nitrogens with one attached hydrogen (secondary N) is 1. The molecule has 2 N–H and O–H groups in total. The SMILES string of the molecule is Cc1cc(F)cc(C(=O)N[C@@H]2CN(C(=O)CCCn3cncn3)CC[C@H]2O)c1. The van der Waals surface area contributed by atoms with Crippen molar-refractivity contribution in [3.63, 3.8) is 0 Å². The van der Waals surface area contributed by atoms with Gasteiger partial charge in [-0.2, -0.15) is 5.10 Å². The van der Waals surface area contributed by atoms with Crippen LogP contribution in [0.25, 0.3) is 0 Å². The maximum atomic E-state index is 13.5. The van der Waals surface area contributed by atoms with E-state index < -0.39 is 23.9 Å². The Morgan fingerprint density at radius 1 is 1.36 bits per heavy atom. The summed E-state index contributed by atoms with van der Waals surface area (Å²) < 4.78 is 15.2. The zero-order chi connectivity index (χ0) is 20.1. The molecule has 0 saturated carbocycles. The Morgan fingerprint density at radius 3 is 2.89 bits per heavy atom. The highest BCUT2D eigenvalue weighted by Gasteiger charge is 2.31. The van der Waals surface area contributed by atoms with Crippen LogP contribution in [0.5, 0.6) is 0 Å². The third-order valence-electron chi connectivity index (χ3n) is 4.79. The fraction of sp³-hybridized carbons (Fsp3) is 0.474. The summed E-state index contributed by atoms with van der Waals surface area (Å²) in [4.78, 5) is 30.4. The van der Waals surface area contributed by atoms with Gasteiger partial charge in [0.2, 0.25) is 5.91 Å². The average molecular weight is 389 g/mol. The van der Waals surface area contributed by atoms with Crippen molar-refractivity contribution in [2.75, 3.05) is 13.1 Å². The first-order valence-corrected chi connectivity index (χ1v) is 9.28. The van der Waals surface area contributed by atoms with E-state index in [2.05, 4.69) is 15.4 Å². The Balaban J connectivity index is 1.54. The second-order valence-electron chi connectivity index (χ2n) is 7.06. The van der Waals surface area contributed by atoms with Gasteiger partial charge in [-0.1, -0.05) is 0 Å². The van der Waals surface area contributed by atoms with Gasteiger partial charge in [0.25, 0.3) is 5.91 Å². The van der Waals surface area contributed by atoms with Crippen LogP contribution >= 0.6 is 0 Å². The molecule has 1 aromatic carbocycles. The molecule has 9 heteroatoms. The van der Waals surface area contributed by atoms with Gasteiger partial charge in [-0.3, -0.25) is 14.3 Å². The van der Waals surface area contributed by atoms with Crippen molar-refractivity contribution < 1.29 is 19.1 Å². The minimum Gasteiger partial charge on any atom is -0.391 e. The molecule has 0 bridgehead atoms. The largest absolute Gasteiger partial charge is 0.391 e. The number of aryl methyl sites for hydroxylation is 2. The predicted molar refractivity (Wildman–Crippen MR) is 98.9 cm³/mol. The number of aliphatic hydroxyl groups excluding tert-OH is 1. The summed E-state index contributed by atoms with van der Waals surface area (Å²) in [6.07, 6.45) is 3.64. The third-order valence-corrected chi connectivity index (χ3v) is 4.79. The Labute approximate surface area is 162 Å². The highest BCUT2D eigenvalue weighted by Crippen LogP contribution is 2.15. The molecule has 2 amide bonds. The molecule has 1 aliphatic heterocycles. The normalized spacial score (nSPS) is 19.5. The first-order valence-electron chi connectivity index (χ1n) is 9.28. The van der Waals surface area contributed by atoms with Gasteiger partial charge < -0.3 is 15.3 Å². The molecule has 150 valence electrons. The number of likely N-dealkylation sites (tertiary alicyclic amines) is 1. The van der Waals surface area contributed by atoms with Crippen LogP contribution in [0.4, 0.5) is 4.39 Å². The number of carbonyl (C=O) groups is 2. The number of rotatable bonds is 6. The van der Waals surface area contributed by atoms with Crippen LogP contribution in [0.2, 0.25) is 0 Å². The standard InChI is InChI=1S/C19H24FN5O3/c1-13-7-14(9-15(20)8-13)19(28)23-16-10-24(6-4-17(16)26)18(27)3-2-5-25-12-21-11-22-25/h7-9,11-12,16-17,26H,2-6,10H2,1H3,(H,23,28)/t16-,17-/m1/s1. The number of amides is 2. The van der Waals surface area contributed by atoms with Crippen LogP contribution in [0, 0.1) is 12.7 Å². The van der Waals surface area contributed by atoms with E-state index in [1.807, 2.05) is 0 Å². The Bertz CT molecular complexity index is 807. The Kier molecular flexibility index (Phi) is 6.35. The minimum atomic E-state index is -0.752. The van der Waals surface area contributed by atoms with Crippen LogP contribution in [-0.4, -0.2) is 61.8 Å². The minimum absolute atomic E-state index is 0.0344. The molecule has 8 nitrogen and oxygen atoms in total. The average Bonchev–Trinajstić information content (AvgIpc) is 3.16. The zero-order valence-electron chi connectivity index (χ0n) is 15.7. The number of nitrogens with zero attached hydrogens (tertiary/aromatic N) is 4. The number of carbonyl (C=O) groups excluding carboxylic acids is 2. The van der Waals surface area contributed by atoms with Gasteiger partial charge in [-0.25, -0.2) is 9.37 Å². The number of hydrogen-bond acceptors (Lipinski definition) is 5. The second kappa shape index (κ2) is 8.92. The maximum Gasteiger partial charge on any atom is 0.251 e. The van der Waals surface area contributed by atoms with E-state index in [0.717, 1.165) is 6.07 Å². The number of piperidine rings is 1. The highest BCUT2D eigenvalue weighted by molar-refractivity contribution is 5.94. The molecule has 1 saturated heterocycles. The topological polar surface area (TPSA) is 100 Å². The van der Waals surface area contributed by atoms with E-state index in [4.69, 9.17) is 0 Å². The summed E-state index contributed by atoms with van der Waals surface area (Å²) in [7, 11) is 0. The Morgan fingerprint density at radius 2 is 2.18 bits per heavy atom. The van der Waals surface area contributed by atoms with Crippen LogP contribution in [0.1, 0.15) is 35.2 Å². The van der Waals surface area contributed by atoms with Crippen molar-refractivity contribution in [2.45, 2.75) is 44.9 Å². The smallest absolute Gasteiger partial charge is 0.251 e. The van der Waals surface area contributed by atoms with Gasteiger partial charge in [-0.15, -0.1) is 0 Å². The van der Waals surface area contributed by atoms with Gasteiger partial charge >= 0.3 is 0 Å². The molecule has 3 rings (SSSR count). The van der Waals surface area contributed by atoms with Crippen molar-refractivity contribution in [1.82, 2.24) is 25.0 Å². The number of aliphatic hydroxyl groups is 1. The second-order valence-corrected chi connectivity index (χ2v) is 7.06. The summed E-state index contributed by atoms with van der Waals surface area (Å²) in [6.45, 7) is 2.97. The molecule has 2 aromatic rings. The van der Waals surface area contributed by atoms with Crippen LogP contribution in [0.3, 0.4) is 0 Å². The molecule has 0 radical (unpaired) electrons. The number of halogens is 1. The van der Waals surface area contributed by atoms with Crippen molar-refractivity contribution in [3.8, 4) is 0 Å². The molecule has 1 aromatic heterocycles. The molecule has 0 unspecified atom stereocenters. The van der Waals surface area contributed by atoms with Crippen molar-refractivity contribution in [2.24, 2.45) is 0 Å². The van der Waals surface area contributed by atoms with E-state index in [0.29, 0.717) is 37.9 Å². The summed E-state index contributed by atoms with van der Waals surface area (Å²) in [6, 6.07) is 3.49. The van der Waals surface area contributed by atoms with E-state index >= 15 is 0 Å². The van der Waals surface area contributed by atoms with Crippen LogP contribution in [0.15, 0.2) is 30.9 Å². The van der Waals surface area contributed by atoms with E-state index in [1.54, 1.807) is 28.9 Å². The van der Waals surface area contributed by atoms with Gasteiger partial charge in [0.05, 0.1) is 12.1 Å². The van der Waals surface area contributed by atoms with E-state index in [1.165, 1.54) is 12.4 Å². The molecule has 1 aliphatic rings. The molecular weight excluding hydrogens is 365 g/mol. The summed E-state index contributed by atoms with van der Waals surface area (Å²) in [5.74, 6) is -0.987. The summed E-state index contributed by atoms with van der Waals surface area (Å²) in [5.41, 5.74) is 0.833. The van der Waals surface area contributed by atoms with E-state index in [9.17, 15) is 19.1 Å². The van der Waals surface area contributed by atoms with Crippen molar-refractivity contribution >= 4 is 11.8 Å². The molecule has 0 aliphatic carbocycles. The highest BCUT2D eigenvalue weighted by atomic mass is 19.1. The lowest BCUT2D eigenvalue weighted by atomic mass is 10.0. The zero-order valence-corrected chi connectivity index (χ0v) is 15.7. The fourth-order valence-electron chi connectivity index (χ4n) is 3.33. The van der Waals surface area contributed by atoms with E-state index in [-0.39, 0.29) is 18.0 Å². The molecule has 28 heavy (non-hydrogen) atoms. The molecule has 1 fully saturated rings. The lowest BCUT2D eigenvalue weighted by molar-refractivity contribution is -0.134. The Hall–Kier alpha value is -2.81. The molecular formula is C19H24FN5O3. The fourth-order valence-corrected chi connectivity index (χ4v) is 3.33. The number of aromatic nitrogens is 3. The quantitative estimate of drug-likeness (QED) is 0.765. The monoisotopic (exact) mass is 389 g/mol. The van der Waals surface area contributed by atoms with Gasteiger partial charge in [0.1, 0.15) is 18.5 Å². The first-order chi connectivity index (χ1) is 13.4.